The van der Waals surface area contributed by atoms with Gasteiger partial charge in [0, 0.05) is 74.5 Å². The molecule has 1 aromatic carbocycles. The molecule has 0 bridgehead atoms. The molecule has 4 rings (SSSR count). The normalized spacial score (nSPS) is 16.4. The van der Waals surface area contributed by atoms with Gasteiger partial charge in [-0.05, 0) is 69.2 Å². The molecule has 1 aromatic rings. The van der Waals surface area contributed by atoms with Gasteiger partial charge in [0.1, 0.15) is 0 Å². The van der Waals surface area contributed by atoms with Crippen LogP contribution in [0.1, 0.15) is 134 Å². The third-order valence-electron chi connectivity index (χ3n) is 8.89. The molecule has 1 heterocycles. The predicted octanol–water partition coefficient (Wildman–Crippen LogP) is 2.95. The molecule has 4 N–H and O–H groups in total. The Hall–Kier alpha value is -4.88. The molecule has 14 nitrogen and oxygen atoms in total. The lowest BCUT2D eigenvalue weighted by atomic mass is 9.94. The highest BCUT2D eigenvalue weighted by atomic mass is 16.7. The predicted molar refractivity (Wildman–Crippen MR) is 180 cm³/mol. The topological polar surface area (TPSA) is 197 Å². The van der Waals surface area contributed by atoms with Gasteiger partial charge in [0.2, 0.25) is 5.91 Å². The summed E-state index contributed by atoms with van der Waals surface area (Å²) < 4.78 is 0. The van der Waals surface area contributed by atoms with Crippen LogP contribution in [0.25, 0.3) is 0 Å². The quantitative estimate of drug-likeness (QED) is 0.114. The first kappa shape index (κ1) is 37.9. The molecule has 6 amide bonds. The molecule has 1 aliphatic heterocycles. The molecule has 1 saturated heterocycles. The van der Waals surface area contributed by atoms with Crippen molar-refractivity contribution >= 4 is 47.2 Å². The number of hydrogen-bond donors (Lipinski definition) is 4. The van der Waals surface area contributed by atoms with E-state index in [9.17, 15) is 38.4 Å². The summed E-state index contributed by atoms with van der Waals surface area (Å²) >= 11 is 0. The average molecular weight is 694 g/mol. The summed E-state index contributed by atoms with van der Waals surface area (Å²) in [7, 11) is 0. The smallest absolute Gasteiger partial charge is 0.333 e. The highest BCUT2D eigenvalue weighted by Crippen LogP contribution is 2.23. The summed E-state index contributed by atoms with van der Waals surface area (Å²) in [5.74, 6) is -4.01. The van der Waals surface area contributed by atoms with Crippen LogP contribution in [-0.2, 0) is 28.8 Å². The van der Waals surface area contributed by atoms with E-state index < -0.39 is 35.5 Å². The summed E-state index contributed by atoms with van der Waals surface area (Å²) in [5, 5.41) is 11.5. The van der Waals surface area contributed by atoms with E-state index in [4.69, 9.17) is 4.84 Å². The number of rotatable bonds is 16. The monoisotopic (exact) mass is 693 g/mol. The summed E-state index contributed by atoms with van der Waals surface area (Å²) in [6, 6.07) is 4.13. The van der Waals surface area contributed by atoms with E-state index in [0.717, 1.165) is 69.8 Å². The van der Waals surface area contributed by atoms with Crippen LogP contribution in [0.15, 0.2) is 29.8 Å². The van der Waals surface area contributed by atoms with Gasteiger partial charge in [-0.15, -0.1) is 5.06 Å². The second-order valence-electron chi connectivity index (χ2n) is 12.9. The number of amides is 6. The molecule has 14 heteroatoms. The number of nitrogens with one attached hydrogen (secondary N) is 4. The van der Waals surface area contributed by atoms with Gasteiger partial charge in [0.05, 0.1) is 0 Å². The zero-order valence-corrected chi connectivity index (χ0v) is 28.4. The molecule has 50 heavy (non-hydrogen) atoms. The number of ketones is 1. The van der Waals surface area contributed by atoms with E-state index in [-0.39, 0.29) is 92.6 Å². The van der Waals surface area contributed by atoms with Crippen molar-refractivity contribution in [2.45, 2.75) is 109 Å². The molecule has 0 atom stereocenters. The van der Waals surface area contributed by atoms with Crippen molar-refractivity contribution < 1.29 is 43.2 Å². The highest BCUT2D eigenvalue weighted by Gasteiger charge is 2.32. The fourth-order valence-electron chi connectivity index (χ4n) is 6.15. The van der Waals surface area contributed by atoms with E-state index in [1.165, 1.54) is 18.2 Å². The number of allylic oxidation sites excluding steroid dienone is 2. The summed E-state index contributed by atoms with van der Waals surface area (Å²) in [6.45, 7) is 0.138. The Bertz CT molecular complexity index is 1470. The number of hydroxylamine groups is 2. The maximum absolute atomic E-state index is 13.1. The van der Waals surface area contributed by atoms with Crippen molar-refractivity contribution in [2.75, 3.05) is 19.6 Å². The van der Waals surface area contributed by atoms with Crippen LogP contribution in [0.5, 0.6) is 0 Å². The summed E-state index contributed by atoms with van der Waals surface area (Å²) in [4.78, 5) is 104. The second-order valence-corrected chi connectivity index (χ2v) is 12.9. The lowest BCUT2D eigenvalue weighted by Crippen LogP contribution is -2.38. The molecule has 2 aliphatic carbocycles. The number of carbonyl (C=O) groups is 8. The van der Waals surface area contributed by atoms with Crippen LogP contribution < -0.4 is 21.3 Å². The van der Waals surface area contributed by atoms with E-state index in [1.807, 2.05) is 0 Å². The van der Waals surface area contributed by atoms with E-state index in [2.05, 4.69) is 21.3 Å². The third-order valence-corrected chi connectivity index (χ3v) is 8.89. The van der Waals surface area contributed by atoms with Gasteiger partial charge in [-0.2, -0.15) is 0 Å². The van der Waals surface area contributed by atoms with Gasteiger partial charge >= 0.3 is 5.97 Å². The molecule has 2 saturated carbocycles. The SMILES string of the molecule is O=C(C=C1CCCCC1)CCNC(=O)c1cc(C(=O)NCCCC(=O)ON2C(=O)CCC2=O)cc(C(=O)NCCC(=O)NC2CCCCC2)c1. The minimum absolute atomic E-state index is 0.00628. The zero-order chi connectivity index (χ0) is 35.9. The molecule has 3 fully saturated rings. The van der Waals surface area contributed by atoms with Crippen molar-refractivity contribution in [3.05, 3.63) is 46.5 Å². The minimum Gasteiger partial charge on any atom is -0.353 e. The Labute approximate surface area is 291 Å². The van der Waals surface area contributed by atoms with Crippen LogP contribution in [0, 0.1) is 0 Å². The van der Waals surface area contributed by atoms with Gasteiger partial charge in [-0.3, -0.25) is 33.6 Å². The highest BCUT2D eigenvalue weighted by molar-refractivity contribution is 6.05. The van der Waals surface area contributed by atoms with Crippen LogP contribution in [0.3, 0.4) is 0 Å². The maximum Gasteiger partial charge on any atom is 0.333 e. The zero-order valence-electron chi connectivity index (χ0n) is 28.4. The van der Waals surface area contributed by atoms with Gasteiger partial charge in [-0.25, -0.2) is 4.79 Å². The van der Waals surface area contributed by atoms with Gasteiger partial charge in [0.15, 0.2) is 5.78 Å². The molecule has 3 aliphatic rings. The molecule has 0 unspecified atom stereocenters. The van der Waals surface area contributed by atoms with E-state index in [0.29, 0.717) is 5.06 Å². The maximum atomic E-state index is 13.1. The van der Waals surface area contributed by atoms with Crippen molar-refractivity contribution in [3.63, 3.8) is 0 Å². The van der Waals surface area contributed by atoms with Gasteiger partial charge < -0.3 is 26.1 Å². The van der Waals surface area contributed by atoms with Crippen LogP contribution in [-0.4, -0.2) is 77.9 Å². The fourth-order valence-corrected chi connectivity index (χ4v) is 6.15. The number of benzene rings is 1. The molecule has 270 valence electrons. The van der Waals surface area contributed by atoms with Crippen molar-refractivity contribution in [1.29, 1.82) is 0 Å². The van der Waals surface area contributed by atoms with Crippen molar-refractivity contribution in [1.82, 2.24) is 26.3 Å². The molecule has 0 spiro atoms. The van der Waals surface area contributed by atoms with Crippen molar-refractivity contribution in [2.24, 2.45) is 0 Å². The molecular formula is C36H47N5O9. The average Bonchev–Trinajstić information content (AvgIpc) is 3.42. The second kappa shape index (κ2) is 19.3. The number of nitrogens with zero attached hydrogens (tertiary/aromatic N) is 1. The molecular weight excluding hydrogens is 646 g/mol. The fraction of sp³-hybridized carbons (Fsp3) is 0.556. The Morgan fingerprint density at radius 1 is 0.660 bits per heavy atom. The van der Waals surface area contributed by atoms with Crippen molar-refractivity contribution in [3.8, 4) is 0 Å². The Morgan fingerprint density at radius 3 is 1.76 bits per heavy atom. The summed E-state index contributed by atoms with van der Waals surface area (Å²) in [6.07, 6.45) is 12.0. The number of hydrogen-bond acceptors (Lipinski definition) is 9. The van der Waals surface area contributed by atoms with Gasteiger partial charge in [-0.1, -0.05) is 31.3 Å². The van der Waals surface area contributed by atoms with Gasteiger partial charge in [0.25, 0.3) is 29.5 Å². The Balaban J connectivity index is 1.33. The lowest BCUT2D eigenvalue weighted by Gasteiger charge is -2.22. The van der Waals surface area contributed by atoms with Crippen LogP contribution >= 0.6 is 0 Å². The minimum atomic E-state index is -0.804. The Kier molecular flexibility index (Phi) is 14.7. The molecule has 0 aromatic heterocycles. The van der Waals surface area contributed by atoms with E-state index >= 15 is 0 Å². The first-order chi connectivity index (χ1) is 24.1. The largest absolute Gasteiger partial charge is 0.353 e. The first-order valence-corrected chi connectivity index (χ1v) is 17.7. The Morgan fingerprint density at radius 2 is 1.18 bits per heavy atom. The molecule has 0 radical (unpaired) electrons. The van der Waals surface area contributed by atoms with Crippen LogP contribution in [0.2, 0.25) is 0 Å². The standard InChI is InChI=1S/C36H47N5O9/c42-29(20-24-8-3-1-4-9-24)15-18-38-35(48)26-21-25(34(47)37-17-7-12-33(46)50-41-31(44)13-14-32(41)45)22-27(23-26)36(49)39-19-16-30(43)40-28-10-5-2-6-11-28/h20-23,28H,1-19H2,(H,37,47)(H,38,48)(H,39,49)(H,40,43). The van der Waals surface area contributed by atoms with E-state index in [1.54, 1.807) is 6.08 Å². The first-order valence-electron chi connectivity index (χ1n) is 17.7. The lowest BCUT2D eigenvalue weighted by molar-refractivity contribution is -0.197. The van der Waals surface area contributed by atoms with Crippen LogP contribution in [0.4, 0.5) is 0 Å². The summed E-state index contributed by atoms with van der Waals surface area (Å²) in [5.41, 5.74) is 1.19. The number of imide groups is 1. The number of carbonyl (C=O) groups excluding carboxylic acids is 8. The third kappa shape index (κ3) is 12.2.